The van der Waals surface area contributed by atoms with Crippen molar-refractivity contribution in [1.29, 1.82) is 5.41 Å². The van der Waals surface area contributed by atoms with E-state index in [1.807, 2.05) is 39.0 Å². The number of hydrogen-bond donors (Lipinski definition) is 1. The summed E-state index contributed by atoms with van der Waals surface area (Å²) in [5, 5.41) is 8.08. The van der Waals surface area contributed by atoms with Crippen LogP contribution in [-0.2, 0) is 0 Å². The molecule has 0 saturated carbocycles. The second-order valence-electron chi connectivity index (χ2n) is 4.42. The molecule has 0 spiro atoms. The van der Waals surface area contributed by atoms with Gasteiger partial charge in [0.25, 0.3) is 0 Å². The van der Waals surface area contributed by atoms with Crippen LogP contribution < -0.4 is 0 Å². The summed E-state index contributed by atoms with van der Waals surface area (Å²) in [5.74, 6) is 0.389. The van der Waals surface area contributed by atoms with Crippen LogP contribution in [0.15, 0.2) is 53.1 Å². The molecule has 0 aliphatic heterocycles. The minimum Gasteiger partial charge on any atom is -0.283 e. The van der Waals surface area contributed by atoms with E-state index >= 15 is 0 Å². The van der Waals surface area contributed by atoms with Gasteiger partial charge in [-0.3, -0.25) is 5.41 Å². The highest BCUT2D eigenvalue weighted by Gasteiger charge is 2.02. The van der Waals surface area contributed by atoms with Gasteiger partial charge in [0.15, 0.2) is 0 Å². The highest BCUT2D eigenvalue weighted by Crippen LogP contribution is 2.07. The predicted molar refractivity (Wildman–Crippen MR) is 103 cm³/mol. The van der Waals surface area contributed by atoms with Crippen molar-refractivity contribution in [2.75, 3.05) is 0 Å². The second kappa shape index (κ2) is 17.4. The van der Waals surface area contributed by atoms with E-state index in [9.17, 15) is 0 Å². The fraction of sp³-hybridized carbons (Fsp3) is 0.500. The third-order valence-electron chi connectivity index (χ3n) is 2.83. The molecule has 0 aromatic rings. The number of nitrogens with zero attached hydrogens (tertiary/aromatic N) is 1. The normalized spacial score (nSPS) is 13.0. The molecule has 0 saturated heterocycles. The van der Waals surface area contributed by atoms with Gasteiger partial charge in [0, 0.05) is 12.1 Å². The number of nitrogens with one attached hydrogen (secondary N) is 1. The monoisotopic (exact) mass is 302 g/mol. The first-order valence-electron chi connectivity index (χ1n) is 8.48. The largest absolute Gasteiger partial charge is 0.283 e. The third kappa shape index (κ3) is 12.1. The van der Waals surface area contributed by atoms with Gasteiger partial charge in [-0.15, -0.1) is 0 Å². The van der Waals surface area contributed by atoms with Gasteiger partial charge in [-0.05, 0) is 31.8 Å². The zero-order valence-electron chi connectivity index (χ0n) is 15.3. The lowest BCUT2D eigenvalue weighted by Crippen LogP contribution is -2.03. The SMILES string of the molecule is C/C=C\C=C(/CC)C(=N)N=C(CC)C/C=C\C=C/CC.CC. The molecule has 0 fully saturated rings. The average molecular weight is 303 g/mol. The van der Waals surface area contributed by atoms with E-state index < -0.39 is 0 Å². The molecule has 22 heavy (non-hydrogen) atoms. The van der Waals surface area contributed by atoms with Gasteiger partial charge in [0.1, 0.15) is 5.84 Å². The zero-order valence-corrected chi connectivity index (χ0v) is 15.3. The van der Waals surface area contributed by atoms with Gasteiger partial charge in [-0.2, -0.15) is 0 Å². The summed E-state index contributed by atoms with van der Waals surface area (Å²) in [6.45, 7) is 12.2. The average Bonchev–Trinajstić information content (AvgIpc) is 2.56. The molecule has 0 aromatic carbocycles. The summed E-state index contributed by atoms with van der Waals surface area (Å²) < 4.78 is 0. The molecular formula is C20H34N2. The van der Waals surface area contributed by atoms with Crippen molar-refractivity contribution in [2.24, 2.45) is 4.99 Å². The fourth-order valence-corrected chi connectivity index (χ4v) is 1.57. The summed E-state index contributed by atoms with van der Waals surface area (Å²) in [7, 11) is 0. The molecule has 124 valence electrons. The lowest BCUT2D eigenvalue weighted by molar-refractivity contribution is 1.14. The molecule has 2 nitrogen and oxygen atoms in total. The number of rotatable bonds is 8. The number of amidine groups is 1. The van der Waals surface area contributed by atoms with E-state index in [0.29, 0.717) is 5.84 Å². The number of allylic oxidation sites excluding steroid dienone is 7. The Hall–Kier alpha value is -1.70. The molecule has 0 amide bonds. The minimum atomic E-state index is 0.389. The van der Waals surface area contributed by atoms with Gasteiger partial charge in [0.05, 0.1) is 0 Å². The van der Waals surface area contributed by atoms with Gasteiger partial charge in [0.2, 0.25) is 0 Å². The molecule has 0 heterocycles. The maximum absolute atomic E-state index is 8.08. The van der Waals surface area contributed by atoms with Crippen molar-refractivity contribution in [3.8, 4) is 0 Å². The Morgan fingerprint density at radius 3 is 2.09 bits per heavy atom. The highest BCUT2D eigenvalue weighted by molar-refractivity contribution is 6.05. The highest BCUT2D eigenvalue weighted by atomic mass is 14.8. The molecule has 2 heteroatoms. The Morgan fingerprint density at radius 1 is 0.955 bits per heavy atom. The van der Waals surface area contributed by atoms with Crippen LogP contribution in [0.2, 0.25) is 0 Å². The van der Waals surface area contributed by atoms with E-state index in [1.165, 1.54) is 0 Å². The Morgan fingerprint density at radius 2 is 1.59 bits per heavy atom. The first-order valence-corrected chi connectivity index (χ1v) is 8.48. The van der Waals surface area contributed by atoms with Crippen molar-refractivity contribution in [3.05, 3.63) is 48.1 Å². The Balaban J connectivity index is 0. The number of hydrogen-bond acceptors (Lipinski definition) is 1. The van der Waals surface area contributed by atoms with Crippen LogP contribution in [0.5, 0.6) is 0 Å². The maximum atomic E-state index is 8.08. The lowest BCUT2D eigenvalue weighted by atomic mass is 10.1. The molecule has 0 radical (unpaired) electrons. The van der Waals surface area contributed by atoms with Crippen LogP contribution in [-0.4, -0.2) is 11.5 Å². The lowest BCUT2D eigenvalue weighted by Gasteiger charge is -2.04. The maximum Gasteiger partial charge on any atom is 0.147 e. The summed E-state index contributed by atoms with van der Waals surface area (Å²) in [4.78, 5) is 4.46. The van der Waals surface area contributed by atoms with Crippen molar-refractivity contribution in [2.45, 2.75) is 67.2 Å². The van der Waals surface area contributed by atoms with Crippen LogP contribution in [0.25, 0.3) is 0 Å². The van der Waals surface area contributed by atoms with Crippen molar-refractivity contribution in [3.63, 3.8) is 0 Å². The second-order valence-corrected chi connectivity index (χ2v) is 4.42. The van der Waals surface area contributed by atoms with Crippen LogP contribution in [0.4, 0.5) is 0 Å². The summed E-state index contributed by atoms with van der Waals surface area (Å²) in [6.07, 6.45) is 17.8. The van der Waals surface area contributed by atoms with Gasteiger partial charge in [-0.1, -0.05) is 77.2 Å². The van der Waals surface area contributed by atoms with Crippen LogP contribution in [0.3, 0.4) is 0 Å². The number of aliphatic imine (C=N–C) groups is 1. The Kier molecular flexibility index (Phi) is 17.8. The topological polar surface area (TPSA) is 36.2 Å². The standard InChI is InChI=1S/C18H28N2.C2H6/c1-5-9-11-12-13-15-17(8-4)20-18(19)16(7-3)14-10-6-2;1-2/h6,9-14,19H,5,7-8,15H2,1-4H3;1-2H3/b10-6-,11-9-,13-12-,16-14+,19-18?,20-17?;. The zero-order chi connectivity index (χ0) is 17.2. The summed E-state index contributed by atoms with van der Waals surface area (Å²) in [6, 6.07) is 0. The van der Waals surface area contributed by atoms with Crippen LogP contribution in [0.1, 0.15) is 67.2 Å². The Labute approximate surface area is 138 Å². The molecule has 0 unspecified atom stereocenters. The van der Waals surface area contributed by atoms with E-state index in [1.54, 1.807) is 0 Å². The molecule has 0 atom stereocenters. The molecule has 0 bridgehead atoms. The van der Waals surface area contributed by atoms with Crippen LogP contribution >= 0.6 is 0 Å². The first kappa shape index (κ1) is 22.6. The van der Waals surface area contributed by atoms with E-state index in [2.05, 4.69) is 50.1 Å². The molecular weight excluding hydrogens is 268 g/mol. The van der Waals surface area contributed by atoms with E-state index in [0.717, 1.165) is 37.0 Å². The molecule has 0 rings (SSSR count). The van der Waals surface area contributed by atoms with E-state index in [4.69, 9.17) is 5.41 Å². The van der Waals surface area contributed by atoms with Crippen molar-refractivity contribution >= 4 is 11.5 Å². The molecule has 1 N–H and O–H groups in total. The fourth-order valence-electron chi connectivity index (χ4n) is 1.57. The smallest absolute Gasteiger partial charge is 0.147 e. The van der Waals surface area contributed by atoms with Gasteiger partial charge in [-0.25, -0.2) is 4.99 Å². The van der Waals surface area contributed by atoms with Gasteiger partial charge >= 0.3 is 0 Å². The predicted octanol–water partition coefficient (Wildman–Crippen LogP) is 6.67. The molecule has 0 aromatic heterocycles. The van der Waals surface area contributed by atoms with Crippen molar-refractivity contribution < 1.29 is 0 Å². The Bertz CT molecular complexity index is 421. The van der Waals surface area contributed by atoms with Gasteiger partial charge < -0.3 is 0 Å². The van der Waals surface area contributed by atoms with E-state index in [-0.39, 0.29) is 0 Å². The first-order chi connectivity index (χ1) is 10.7. The summed E-state index contributed by atoms with van der Waals surface area (Å²) >= 11 is 0. The van der Waals surface area contributed by atoms with Crippen molar-refractivity contribution in [1.82, 2.24) is 0 Å². The quantitative estimate of drug-likeness (QED) is 0.295. The van der Waals surface area contributed by atoms with Crippen LogP contribution in [0, 0.1) is 5.41 Å². The third-order valence-corrected chi connectivity index (χ3v) is 2.83. The summed E-state index contributed by atoms with van der Waals surface area (Å²) in [5.41, 5.74) is 2.03. The molecule has 0 aliphatic rings. The minimum absolute atomic E-state index is 0.389. The molecule has 0 aliphatic carbocycles.